The number of carbonyl (C=O) groups excluding carboxylic acids is 1. The average molecular weight is 280 g/mol. The molecule has 0 spiro atoms. The van der Waals surface area contributed by atoms with Crippen LogP contribution in [0.4, 0.5) is 0 Å². The zero-order chi connectivity index (χ0) is 12.9. The molecule has 7 heteroatoms. The molecular formula is C11H12N4OS2. The number of aromatic nitrogens is 4. The predicted octanol–water partition coefficient (Wildman–Crippen LogP) is 2.37. The van der Waals surface area contributed by atoms with Crippen LogP contribution >= 0.6 is 24.0 Å². The van der Waals surface area contributed by atoms with Crippen molar-refractivity contribution in [2.45, 2.75) is 30.9 Å². The normalized spacial score (nSPS) is 17.8. The number of rotatable bonds is 1. The number of hydrogen-bond acceptors (Lipinski definition) is 6. The van der Waals surface area contributed by atoms with Crippen LogP contribution in [0.2, 0.25) is 0 Å². The van der Waals surface area contributed by atoms with Crippen LogP contribution < -0.4 is 0 Å². The smallest absolute Gasteiger partial charge is 0.214 e. The molecule has 0 aliphatic heterocycles. The predicted molar refractivity (Wildman–Crippen MR) is 71.2 cm³/mol. The second-order valence-corrected chi connectivity index (χ2v) is 7.04. The third-order valence-electron chi connectivity index (χ3n) is 3.11. The highest BCUT2D eigenvalue weighted by molar-refractivity contribution is 7.83. The van der Waals surface area contributed by atoms with Crippen LogP contribution in [-0.2, 0) is 6.42 Å². The Morgan fingerprint density at radius 3 is 2.83 bits per heavy atom. The van der Waals surface area contributed by atoms with E-state index in [0.717, 1.165) is 26.6 Å². The van der Waals surface area contributed by atoms with E-state index in [1.807, 2.05) is 0 Å². The number of nitrogens with one attached hydrogen (secondary N) is 1. The fourth-order valence-electron chi connectivity index (χ4n) is 2.41. The number of fused-ring (bicyclic) bond motifs is 1. The maximum absolute atomic E-state index is 12.2. The fourth-order valence-corrected chi connectivity index (χ4v) is 3.95. The quantitative estimate of drug-likeness (QED) is 0.787. The number of aromatic amines is 1. The summed E-state index contributed by atoms with van der Waals surface area (Å²) in [7, 11) is 0. The first-order valence-corrected chi connectivity index (χ1v) is 6.86. The summed E-state index contributed by atoms with van der Waals surface area (Å²) in [6.45, 7) is 4.20. The summed E-state index contributed by atoms with van der Waals surface area (Å²) >= 11 is 5.87. The van der Waals surface area contributed by atoms with E-state index in [-0.39, 0.29) is 11.2 Å². The minimum atomic E-state index is -0.0239. The van der Waals surface area contributed by atoms with Gasteiger partial charge in [-0.15, -0.1) is 34.2 Å². The van der Waals surface area contributed by atoms with Gasteiger partial charge in [0, 0.05) is 12.0 Å². The lowest BCUT2D eigenvalue weighted by molar-refractivity contribution is 0.0910. The first-order valence-electron chi connectivity index (χ1n) is 5.59. The first-order chi connectivity index (χ1) is 8.48. The van der Waals surface area contributed by atoms with Crippen molar-refractivity contribution in [2.75, 3.05) is 0 Å². The maximum Gasteiger partial charge on any atom is 0.214 e. The van der Waals surface area contributed by atoms with Gasteiger partial charge in [0.05, 0.1) is 9.09 Å². The average Bonchev–Trinajstić information content (AvgIpc) is 2.83. The minimum absolute atomic E-state index is 0.0239. The Labute approximate surface area is 113 Å². The molecule has 0 amide bonds. The van der Waals surface area contributed by atoms with Crippen LogP contribution in [0.5, 0.6) is 0 Å². The molecule has 0 saturated carbocycles. The zero-order valence-corrected chi connectivity index (χ0v) is 11.7. The number of ketones is 1. The van der Waals surface area contributed by atoms with Crippen molar-refractivity contribution in [3.63, 3.8) is 0 Å². The second kappa shape index (κ2) is 3.89. The van der Waals surface area contributed by atoms with Gasteiger partial charge < -0.3 is 0 Å². The fraction of sp³-hybridized carbons (Fsp3) is 0.455. The van der Waals surface area contributed by atoms with Crippen LogP contribution in [0.1, 0.15) is 36.2 Å². The summed E-state index contributed by atoms with van der Waals surface area (Å²) in [5.74, 6) is 0.708. The van der Waals surface area contributed by atoms with Gasteiger partial charge in [-0.25, -0.2) is 0 Å². The van der Waals surface area contributed by atoms with Crippen LogP contribution in [0.15, 0.2) is 4.21 Å². The molecule has 0 bridgehead atoms. The lowest BCUT2D eigenvalue weighted by Gasteiger charge is -2.29. The molecule has 94 valence electrons. The molecule has 0 unspecified atom stereocenters. The number of thiol groups is 1. The number of carbonyl (C=O) groups is 1. The topological polar surface area (TPSA) is 71.5 Å². The lowest BCUT2D eigenvalue weighted by Crippen LogP contribution is -2.26. The number of Topliss-reactive ketones (excluding diaryl/α,β-unsaturated/α-hetero) is 1. The third kappa shape index (κ3) is 1.78. The molecule has 0 aromatic carbocycles. The van der Waals surface area contributed by atoms with Gasteiger partial charge >= 0.3 is 0 Å². The van der Waals surface area contributed by atoms with E-state index < -0.39 is 0 Å². The Morgan fingerprint density at radius 1 is 1.39 bits per heavy atom. The lowest BCUT2D eigenvalue weighted by atomic mass is 9.74. The maximum atomic E-state index is 12.2. The highest BCUT2D eigenvalue weighted by atomic mass is 32.2. The summed E-state index contributed by atoms with van der Waals surface area (Å²) in [4.78, 5) is 13.1. The van der Waals surface area contributed by atoms with Crippen molar-refractivity contribution in [3.8, 4) is 10.7 Å². The van der Waals surface area contributed by atoms with Crippen molar-refractivity contribution in [1.29, 1.82) is 0 Å². The molecule has 0 fully saturated rings. The van der Waals surface area contributed by atoms with E-state index in [0.29, 0.717) is 12.2 Å². The molecule has 3 rings (SSSR count). The van der Waals surface area contributed by atoms with Gasteiger partial charge in [-0.05, 0) is 22.6 Å². The Hall–Kier alpha value is -1.21. The molecule has 2 aromatic heterocycles. The van der Waals surface area contributed by atoms with Gasteiger partial charge in [0.25, 0.3) is 0 Å². The summed E-state index contributed by atoms with van der Waals surface area (Å²) in [6.07, 6.45) is 1.41. The van der Waals surface area contributed by atoms with Crippen molar-refractivity contribution in [2.24, 2.45) is 5.41 Å². The van der Waals surface area contributed by atoms with E-state index in [9.17, 15) is 4.79 Å². The van der Waals surface area contributed by atoms with Gasteiger partial charge in [0.2, 0.25) is 5.82 Å². The van der Waals surface area contributed by atoms with E-state index in [1.54, 1.807) is 0 Å². The Kier molecular flexibility index (Phi) is 2.56. The number of tetrazole rings is 1. The van der Waals surface area contributed by atoms with Crippen LogP contribution in [0.25, 0.3) is 10.7 Å². The minimum Gasteiger partial charge on any atom is -0.294 e. The Bertz CT molecular complexity index is 615. The molecular weight excluding hydrogens is 268 g/mol. The monoisotopic (exact) mass is 280 g/mol. The third-order valence-corrected chi connectivity index (χ3v) is 4.64. The van der Waals surface area contributed by atoms with Gasteiger partial charge in [-0.3, -0.25) is 4.79 Å². The molecule has 2 aromatic rings. The van der Waals surface area contributed by atoms with Gasteiger partial charge in [0.1, 0.15) is 0 Å². The van der Waals surface area contributed by atoms with Gasteiger partial charge in [-0.2, -0.15) is 5.21 Å². The van der Waals surface area contributed by atoms with Crippen LogP contribution in [0, 0.1) is 5.41 Å². The van der Waals surface area contributed by atoms with E-state index in [2.05, 4.69) is 47.1 Å². The molecule has 2 heterocycles. The van der Waals surface area contributed by atoms with E-state index in [4.69, 9.17) is 0 Å². The Morgan fingerprint density at radius 2 is 2.17 bits per heavy atom. The molecule has 18 heavy (non-hydrogen) atoms. The zero-order valence-electron chi connectivity index (χ0n) is 10.0. The number of thiophene rings is 1. The largest absolute Gasteiger partial charge is 0.294 e. The highest BCUT2D eigenvalue weighted by Crippen LogP contribution is 2.45. The SMILES string of the molecule is CC1(C)CC(=O)c2c(S)sc(-c3nn[nH]n3)c2C1. The highest BCUT2D eigenvalue weighted by Gasteiger charge is 2.36. The van der Waals surface area contributed by atoms with Crippen LogP contribution in [0.3, 0.4) is 0 Å². The van der Waals surface area contributed by atoms with Crippen molar-refractivity contribution in [3.05, 3.63) is 11.1 Å². The number of H-pyrrole nitrogens is 1. The van der Waals surface area contributed by atoms with E-state index >= 15 is 0 Å². The Balaban J connectivity index is 2.21. The van der Waals surface area contributed by atoms with Crippen molar-refractivity contribution in [1.82, 2.24) is 20.6 Å². The van der Waals surface area contributed by atoms with E-state index in [1.165, 1.54) is 11.3 Å². The first kappa shape index (κ1) is 11.9. The summed E-state index contributed by atoms with van der Waals surface area (Å²) < 4.78 is 0.755. The number of nitrogens with zero attached hydrogens (tertiary/aromatic N) is 3. The molecule has 5 nitrogen and oxygen atoms in total. The van der Waals surface area contributed by atoms with Gasteiger partial charge in [-0.1, -0.05) is 13.8 Å². The molecule has 0 saturated heterocycles. The molecule has 1 N–H and O–H groups in total. The van der Waals surface area contributed by atoms with Crippen molar-refractivity contribution >= 4 is 29.7 Å². The number of hydrogen-bond donors (Lipinski definition) is 2. The standard InChI is InChI=1S/C11H12N4OS2/c1-11(2)3-5-7(6(16)4-11)10(17)18-8(5)9-12-14-15-13-9/h17H,3-4H2,1-2H3,(H,12,13,14,15). The summed E-state index contributed by atoms with van der Waals surface area (Å²) in [5.41, 5.74) is 1.75. The van der Waals surface area contributed by atoms with Crippen LogP contribution in [-0.4, -0.2) is 26.4 Å². The summed E-state index contributed by atoms with van der Waals surface area (Å²) in [5, 5.41) is 14.0. The molecule has 0 atom stereocenters. The molecule has 0 radical (unpaired) electrons. The van der Waals surface area contributed by atoms with Gasteiger partial charge in [0.15, 0.2) is 5.78 Å². The molecule has 1 aliphatic carbocycles. The summed E-state index contributed by atoms with van der Waals surface area (Å²) in [6, 6.07) is 0. The van der Waals surface area contributed by atoms with Crippen molar-refractivity contribution < 1.29 is 4.79 Å². The molecule has 1 aliphatic rings. The second-order valence-electron chi connectivity index (χ2n) is 5.27.